The summed E-state index contributed by atoms with van der Waals surface area (Å²) >= 11 is 0. The molecule has 1 aromatic carbocycles. The highest BCUT2D eigenvalue weighted by Crippen LogP contribution is 2.74. The quantitative estimate of drug-likeness (QED) is 0.247. The molecule has 6 aliphatic rings. The molecule has 3 unspecified atom stereocenters. The molecule has 244 valence electrons. The van der Waals surface area contributed by atoms with E-state index in [2.05, 4.69) is 53.7 Å². The van der Waals surface area contributed by atoms with Gasteiger partial charge in [-0.2, -0.15) is 0 Å². The van der Waals surface area contributed by atoms with Crippen LogP contribution in [0.2, 0.25) is 0 Å². The lowest BCUT2D eigenvalue weighted by atomic mass is 9.40. The molecule has 2 spiro atoms. The van der Waals surface area contributed by atoms with E-state index in [1.165, 1.54) is 30.8 Å². The largest absolute Gasteiger partial charge is 0.462 e. The van der Waals surface area contributed by atoms with Crippen molar-refractivity contribution in [3.63, 3.8) is 0 Å². The number of hydrogen-bond acceptors (Lipinski definition) is 4. The average Bonchev–Trinajstić information content (AvgIpc) is 3.50. The lowest BCUT2D eigenvalue weighted by Crippen LogP contribution is -2.76. The molecule has 7 heteroatoms. The van der Waals surface area contributed by atoms with Gasteiger partial charge in [0.2, 0.25) is 0 Å². The zero-order valence-electron chi connectivity index (χ0n) is 28.4. The molecule has 0 saturated heterocycles. The first-order chi connectivity index (χ1) is 21.3. The Morgan fingerprint density at radius 2 is 1.60 bits per heavy atom. The van der Waals surface area contributed by atoms with Gasteiger partial charge in [-0.3, -0.25) is 4.79 Å². The molecule has 3 heterocycles. The van der Waals surface area contributed by atoms with Gasteiger partial charge in [0.1, 0.15) is 6.10 Å². The van der Waals surface area contributed by atoms with Crippen molar-refractivity contribution in [2.45, 2.75) is 123 Å². The third-order valence-electron chi connectivity index (χ3n) is 14.3. The lowest BCUT2D eigenvalue weighted by molar-refractivity contribution is -0.205. The van der Waals surface area contributed by atoms with E-state index in [0.717, 1.165) is 32.1 Å². The Morgan fingerprint density at radius 1 is 0.889 bits per heavy atom. The van der Waals surface area contributed by atoms with Crippen LogP contribution in [0.1, 0.15) is 106 Å². The maximum Gasteiger partial charge on any atom is 0.352 e. The Morgan fingerprint density at radius 3 is 2.29 bits per heavy atom. The third-order valence-corrected chi connectivity index (χ3v) is 14.3. The summed E-state index contributed by atoms with van der Waals surface area (Å²) in [5.74, 6) is 2.83. The number of nitrogens with zero attached hydrogens (tertiary/aromatic N) is 3. The Labute approximate surface area is 268 Å². The summed E-state index contributed by atoms with van der Waals surface area (Å²) in [5, 5.41) is 0. The zero-order valence-corrected chi connectivity index (χ0v) is 28.4. The van der Waals surface area contributed by atoms with E-state index in [1.54, 1.807) is 0 Å². The van der Waals surface area contributed by atoms with Gasteiger partial charge in [-0.15, -0.1) is 0 Å². The van der Waals surface area contributed by atoms with Crippen molar-refractivity contribution in [3.8, 4) is 5.69 Å². The molecule has 3 fully saturated rings. The minimum atomic E-state index is -0.736. The maximum atomic E-state index is 14.8. The van der Waals surface area contributed by atoms with Gasteiger partial charge >= 0.3 is 17.3 Å². The normalized spacial score (nSPS) is 39.1. The van der Waals surface area contributed by atoms with E-state index in [9.17, 15) is 14.4 Å². The van der Waals surface area contributed by atoms with Crippen molar-refractivity contribution in [1.82, 2.24) is 13.9 Å². The van der Waals surface area contributed by atoms with E-state index >= 15 is 0 Å². The van der Waals surface area contributed by atoms with E-state index in [4.69, 9.17) is 4.74 Å². The van der Waals surface area contributed by atoms with Crippen LogP contribution in [-0.4, -0.2) is 26.0 Å². The van der Waals surface area contributed by atoms with Crippen LogP contribution in [0.15, 0.2) is 52.1 Å². The topological polar surface area (TPSA) is 75.2 Å². The summed E-state index contributed by atoms with van der Waals surface area (Å²) < 4.78 is 11.1. The van der Waals surface area contributed by atoms with Crippen molar-refractivity contribution < 1.29 is 9.53 Å². The molecular formula is C38H53N3O4. The van der Waals surface area contributed by atoms with Crippen LogP contribution >= 0.6 is 0 Å². The summed E-state index contributed by atoms with van der Waals surface area (Å²) in [6.45, 7) is 15.9. The van der Waals surface area contributed by atoms with Crippen LogP contribution < -0.4 is 11.4 Å². The first-order valence-corrected chi connectivity index (χ1v) is 17.7. The predicted octanol–water partition coefficient (Wildman–Crippen LogP) is 7.05. The van der Waals surface area contributed by atoms with Gasteiger partial charge in [0.15, 0.2) is 0 Å². The second-order valence-corrected chi connectivity index (χ2v) is 16.5. The molecule has 8 rings (SSSR count). The third kappa shape index (κ3) is 3.97. The SMILES string of the molecule is CC(=O)O[C@H]1CC[C@]2(C)C3CC[C@]4(C)C([C@H](C)CC[C@H](C)C(C)C)CCC4[C@@]34C=C[C@@]2(C1)n1c(=O)n(-c2ccccc2)c(=O)n14. The first kappa shape index (κ1) is 30.8. The monoisotopic (exact) mass is 615 g/mol. The van der Waals surface area contributed by atoms with E-state index in [1.807, 2.05) is 39.7 Å². The molecule has 0 amide bonds. The van der Waals surface area contributed by atoms with Crippen molar-refractivity contribution in [3.05, 3.63) is 63.5 Å². The molecule has 2 bridgehead atoms. The molecule has 10 atom stereocenters. The summed E-state index contributed by atoms with van der Waals surface area (Å²) in [6.07, 6.45) is 13.5. The van der Waals surface area contributed by atoms with E-state index < -0.39 is 11.1 Å². The summed E-state index contributed by atoms with van der Waals surface area (Å²) in [4.78, 5) is 41.7. The van der Waals surface area contributed by atoms with E-state index in [-0.39, 0.29) is 46.1 Å². The number of para-hydroxylation sites is 1. The van der Waals surface area contributed by atoms with Crippen molar-refractivity contribution in [2.24, 2.45) is 46.3 Å². The average molecular weight is 616 g/mol. The Balaban J connectivity index is 1.40. The number of carbonyl (C=O) groups excluding carboxylic acids is 1. The fourth-order valence-corrected chi connectivity index (χ4v) is 11.8. The summed E-state index contributed by atoms with van der Waals surface area (Å²) in [6, 6.07) is 9.40. The highest BCUT2D eigenvalue weighted by atomic mass is 16.5. The predicted molar refractivity (Wildman–Crippen MR) is 176 cm³/mol. The standard InChI is InChI=1S/C38H53N3O4/c1-24(2)25(3)13-14-26(4)30-15-16-31-35(30,6)19-18-32-36(7)20-17-29(45-27(5)42)23-37(36)21-22-38(31,32)41-34(44)39(33(43)40(37)41)28-11-9-8-10-12-28/h8-12,21-22,24-26,29-32H,13-20,23H2,1-7H3/t25-,26+,29-,30?,31?,32?,35+,36+,37-,38-/m0/s1. The highest BCUT2D eigenvalue weighted by molar-refractivity contribution is 5.66. The second kappa shape index (κ2) is 10.3. The number of allylic oxidation sites excluding steroid dienone is 2. The number of ether oxygens (including phenoxy) is 1. The number of rotatable bonds is 7. The number of benzene rings is 1. The molecule has 0 radical (unpaired) electrons. The Kier molecular flexibility index (Phi) is 7.08. The number of aromatic nitrogens is 3. The minimum absolute atomic E-state index is 0.0825. The minimum Gasteiger partial charge on any atom is -0.462 e. The Bertz CT molecular complexity index is 1630. The summed E-state index contributed by atoms with van der Waals surface area (Å²) in [7, 11) is 0. The molecule has 2 aromatic rings. The van der Waals surface area contributed by atoms with Crippen molar-refractivity contribution >= 4 is 5.97 Å². The lowest BCUT2D eigenvalue weighted by Gasteiger charge is -2.71. The second-order valence-electron chi connectivity index (χ2n) is 16.5. The number of esters is 1. The van der Waals surface area contributed by atoms with Crippen LogP contribution in [0, 0.1) is 46.3 Å². The molecule has 45 heavy (non-hydrogen) atoms. The fraction of sp³-hybridized carbons (Fsp3) is 0.711. The fourth-order valence-electron chi connectivity index (χ4n) is 11.8. The van der Waals surface area contributed by atoms with Crippen molar-refractivity contribution in [2.75, 3.05) is 0 Å². The number of carbonyl (C=O) groups is 1. The molecule has 7 nitrogen and oxygen atoms in total. The number of fused-ring (bicyclic) bond motifs is 1. The Hall–Kier alpha value is -2.83. The van der Waals surface area contributed by atoms with Gasteiger partial charge in [0.25, 0.3) is 0 Å². The molecule has 2 aliphatic heterocycles. The van der Waals surface area contributed by atoms with Gasteiger partial charge in [-0.1, -0.05) is 84.7 Å². The first-order valence-electron chi connectivity index (χ1n) is 17.7. The van der Waals surface area contributed by atoms with Gasteiger partial charge < -0.3 is 4.74 Å². The van der Waals surface area contributed by atoms with Crippen LogP contribution in [-0.2, 0) is 20.6 Å². The zero-order chi connectivity index (χ0) is 32.1. The summed E-state index contributed by atoms with van der Waals surface area (Å²) in [5.41, 5.74) is -1.36. The van der Waals surface area contributed by atoms with Crippen LogP contribution in [0.3, 0.4) is 0 Å². The van der Waals surface area contributed by atoms with E-state index in [0.29, 0.717) is 35.8 Å². The van der Waals surface area contributed by atoms with Gasteiger partial charge in [-0.05, 0) is 91.6 Å². The van der Waals surface area contributed by atoms with Gasteiger partial charge in [-0.25, -0.2) is 23.5 Å². The van der Waals surface area contributed by atoms with Crippen molar-refractivity contribution in [1.29, 1.82) is 0 Å². The highest BCUT2D eigenvalue weighted by Gasteiger charge is 2.75. The van der Waals surface area contributed by atoms with Gasteiger partial charge in [0.05, 0.1) is 16.8 Å². The molecule has 3 saturated carbocycles. The van der Waals surface area contributed by atoms with Crippen LogP contribution in [0.4, 0.5) is 0 Å². The molecular weight excluding hydrogens is 562 g/mol. The maximum absolute atomic E-state index is 14.8. The molecule has 0 N–H and O–H groups in total. The molecule has 1 aromatic heterocycles. The van der Waals surface area contributed by atoms with Crippen LogP contribution in [0.25, 0.3) is 5.69 Å². The smallest absolute Gasteiger partial charge is 0.352 e. The number of hydrogen-bond donors (Lipinski definition) is 0. The molecule has 4 aliphatic carbocycles. The van der Waals surface area contributed by atoms with Crippen LogP contribution in [0.5, 0.6) is 0 Å². The van der Waals surface area contributed by atoms with Gasteiger partial charge in [0, 0.05) is 18.8 Å².